The SMILES string of the molecule is O=C1C=CC2=CC=CC=CC1C2. The molecule has 0 amide bonds. The molecule has 0 spiro atoms. The van der Waals surface area contributed by atoms with Gasteiger partial charge >= 0.3 is 0 Å². The fourth-order valence-corrected chi connectivity index (χ4v) is 1.46. The summed E-state index contributed by atoms with van der Waals surface area (Å²) >= 11 is 0. The summed E-state index contributed by atoms with van der Waals surface area (Å²) in [6.07, 6.45) is 14.4. The first kappa shape index (κ1) is 7.29. The van der Waals surface area contributed by atoms with Gasteiger partial charge in [0.1, 0.15) is 0 Å². The molecule has 0 aromatic heterocycles. The molecule has 60 valence electrons. The van der Waals surface area contributed by atoms with Gasteiger partial charge < -0.3 is 0 Å². The zero-order valence-corrected chi connectivity index (χ0v) is 6.73. The number of hydrogen-bond acceptors (Lipinski definition) is 1. The Morgan fingerprint density at radius 1 is 1.17 bits per heavy atom. The Morgan fingerprint density at radius 2 is 2.08 bits per heavy atom. The van der Waals surface area contributed by atoms with Crippen LogP contribution in [-0.2, 0) is 4.79 Å². The Labute approximate surface area is 71.8 Å². The van der Waals surface area contributed by atoms with E-state index in [1.165, 1.54) is 5.57 Å². The summed E-state index contributed by atoms with van der Waals surface area (Å²) in [7, 11) is 0. The Morgan fingerprint density at radius 3 is 3.00 bits per heavy atom. The van der Waals surface area contributed by atoms with Gasteiger partial charge in [-0.2, -0.15) is 0 Å². The largest absolute Gasteiger partial charge is 0.294 e. The van der Waals surface area contributed by atoms with E-state index in [-0.39, 0.29) is 11.7 Å². The second-order valence-electron chi connectivity index (χ2n) is 3.06. The molecule has 1 heteroatoms. The molecule has 0 fully saturated rings. The van der Waals surface area contributed by atoms with Gasteiger partial charge in [0.15, 0.2) is 5.78 Å². The predicted octanol–water partition coefficient (Wildman–Crippen LogP) is 2.18. The van der Waals surface area contributed by atoms with E-state index in [0.29, 0.717) is 0 Å². The Balaban J connectivity index is 2.41. The summed E-state index contributed by atoms with van der Waals surface area (Å²) < 4.78 is 0. The standard InChI is InChI=1S/C11H10O/c12-11-7-6-9-4-2-1-3-5-10(11)8-9/h1-7,10H,8H2. The van der Waals surface area contributed by atoms with Crippen molar-refractivity contribution in [1.82, 2.24) is 0 Å². The summed E-state index contributed by atoms with van der Waals surface area (Å²) in [5.41, 5.74) is 1.24. The fraction of sp³-hybridized carbons (Fsp3) is 0.182. The zero-order valence-electron chi connectivity index (χ0n) is 6.73. The first-order valence-electron chi connectivity index (χ1n) is 4.12. The van der Waals surface area contributed by atoms with E-state index in [4.69, 9.17) is 0 Å². The molecular weight excluding hydrogens is 148 g/mol. The predicted molar refractivity (Wildman–Crippen MR) is 48.6 cm³/mol. The number of carbonyl (C=O) groups is 1. The molecule has 0 aromatic rings. The smallest absolute Gasteiger partial charge is 0.162 e. The maximum atomic E-state index is 11.3. The van der Waals surface area contributed by atoms with Gasteiger partial charge in [0.05, 0.1) is 0 Å². The van der Waals surface area contributed by atoms with Crippen LogP contribution in [0.1, 0.15) is 6.42 Å². The van der Waals surface area contributed by atoms with E-state index in [2.05, 4.69) is 6.08 Å². The minimum absolute atomic E-state index is 0.0752. The molecule has 0 aromatic carbocycles. The number of rotatable bonds is 0. The van der Waals surface area contributed by atoms with Crippen molar-refractivity contribution in [2.24, 2.45) is 5.92 Å². The summed E-state index contributed by atoms with van der Waals surface area (Å²) in [6, 6.07) is 0. The maximum Gasteiger partial charge on any atom is 0.162 e. The fourth-order valence-electron chi connectivity index (χ4n) is 1.46. The molecule has 2 aliphatic carbocycles. The average Bonchev–Trinajstić information content (AvgIpc) is 2.03. The topological polar surface area (TPSA) is 17.1 Å². The Kier molecular flexibility index (Phi) is 1.78. The van der Waals surface area contributed by atoms with Crippen molar-refractivity contribution in [2.75, 3.05) is 0 Å². The van der Waals surface area contributed by atoms with Crippen molar-refractivity contribution < 1.29 is 4.79 Å². The number of ketones is 1. The van der Waals surface area contributed by atoms with Gasteiger partial charge in [-0.1, -0.05) is 36.5 Å². The lowest BCUT2D eigenvalue weighted by molar-refractivity contribution is -0.117. The normalized spacial score (nSPS) is 26.5. The second-order valence-corrected chi connectivity index (χ2v) is 3.06. The molecule has 2 aliphatic rings. The van der Waals surface area contributed by atoms with Crippen LogP contribution in [0.15, 0.2) is 48.1 Å². The molecule has 0 saturated heterocycles. The van der Waals surface area contributed by atoms with Crippen LogP contribution in [0.3, 0.4) is 0 Å². The molecule has 0 radical (unpaired) electrons. The number of allylic oxidation sites excluding steroid dienone is 8. The van der Waals surface area contributed by atoms with Crippen LogP contribution in [0.25, 0.3) is 0 Å². The van der Waals surface area contributed by atoms with Crippen molar-refractivity contribution in [3.63, 3.8) is 0 Å². The molecule has 12 heavy (non-hydrogen) atoms. The van der Waals surface area contributed by atoms with Gasteiger partial charge in [0.2, 0.25) is 0 Å². The molecule has 1 nitrogen and oxygen atoms in total. The quantitative estimate of drug-likeness (QED) is 0.528. The molecule has 0 N–H and O–H groups in total. The second kappa shape index (κ2) is 2.94. The minimum atomic E-state index is 0.0752. The van der Waals surface area contributed by atoms with E-state index in [0.717, 1.165) is 6.42 Å². The van der Waals surface area contributed by atoms with E-state index in [1.807, 2.05) is 30.4 Å². The van der Waals surface area contributed by atoms with Crippen LogP contribution in [0.4, 0.5) is 0 Å². The first-order chi connectivity index (χ1) is 5.86. The summed E-state index contributed by atoms with van der Waals surface area (Å²) in [4.78, 5) is 11.3. The third-order valence-electron chi connectivity index (χ3n) is 2.16. The maximum absolute atomic E-state index is 11.3. The molecule has 1 atom stereocenters. The lowest BCUT2D eigenvalue weighted by Gasteiger charge is -2.15. The van der Waals surface area contributed by atoms with Gasteiger partial charge in [-0.3, -0.25) is 4.79 Å². The molecule has 0 saturated carbocycles. The van der Waals surface area contributed by atoms with Gasteiger partial charge in [0.25, 0.3) is 0 Å². The van der Waals surface area contributed by atoms with E-state index in [9.17, 15) is 4.79 Å². The third-order valence-corrected chi connectivity index (χ3v) is 2.16. The van der Waals surface area contributed by atoms with Crippen LogP contribution in [-0.4, -0.2) is 5.78 Å². The van der Waals surface area contributed by atoms with Crippen molar-refractivity contribution in [3.8, 4) is 0 Å². The van der Waals surface area contributed by atoms with Crippen LogP contribution in [0.5, 0.6) is 0 Å². The van der Waals surface area contributed by atoms with Crippen LogP contribution in [0, 0.1) is 5.92 Å². The third kappa shape index (κ3) is 1.30. The minimum Gasteiger partial charge on any atom is -0.294 e. The number of fused-ring (bicyclic) bond motifs is 2. The molecule has 2 bridgehead atoms. The van der Waals surface area contributed by atoms with Crippen LogP contribution < -0.4 is 0 Å². The number of hydrogen-bond donors (Lipinski definition) is 0. The van der Waals surface area contributed by atoms with E-state index in [1.54, 1.807) is 6.08 Å². The monoisotopic (exact) mass is 158 g/mol. The van der Waals surface area contributed by atoms with Gasteiger partial charge in [-0.25, -0.2) is 0 Å². The van der Waals surface area contributed by atoms with E-state index >= 15 is 0 Å². The molecule has 2 rings (SSSR count). The average molecular weight is 158 g/mol. The van der Waals surface area contributed by atoms with Crippen molar-refractivity contribution in [1.29, 1.82) is 0 Å². The highest BCUT2D eigenvalue weighted by Crippen LogP contribution is 2.22. The van der Waals surface area contributed by atoms with Crippen molar-refractivity contribution >= 4 is 5.78 Å². The molecular formula is C11H10O. The lowest BCUT2D eigenvalue weighted by atomic mass is 9.88. The van der Waals surface area contributed by atoms with Crippen molar-refractivity contribution in [3.05, 3.63) is 48.1 Å². The highest BCUT2D eigenvalue weighted by Gasteiger charge is 2.17. The Hall–Kier alpha value is -1.37. The number of carbonyl (C=O) groups excluding carboxylic acids is 1. The molecule has 0 heterocycles. The zero-order chi connectivity index (χ0) is 8.39. The van der Waals surface area contributed by atoms with E-state index < -0.39 is 0 Å². The van der Waals surface area contributed by atoms with Gasteiger partial charge in [0, 0.05) is 5.92 Å². The summed E-state index contributed by atoms with van der Waals surface area (Å²) in [6.45, 7) is 0. The molecule has 1 unspecified atom stereocenters. The van der Waals surface area contributed by atoms with Crippen molar-refractivity contribution in [2.45, 2.75) is 6.42 Å². The highest BCUT2D eigenvalue weighted by molar-refractivity contribution is 5.95. The van der Waals surface area contributed by atoms with Gasteiger partial charge in [-0.05, 0) is 18.1 Å². The van der Waals surface area contributed by atoms with Crippen LogP contribution in [0.2, 0.25) is 0 Å². The first-order valence-corrected chi connectivity index (χ1v) is 4.12. The summed E-state index contributed by atoms with van der Waals surface area (Å²) in [5.74, 6) is 0.296. The summed E-state index contributed by atoms with van der Waals surface area (Å²) in [5, 5.41) is 0. The highest BCUT2D eigenvalue weighted by atomic mass is 16.1. The lowest BCUT2D eigenvalue weighted by Crippen LogP contribution is -2.14. The Bertz CT molecular complexity index is 316. The van der Waals surface area contributed by atoms with Gasteiger partial charge in [-0.15, -0.1) is 0 Å². The van der Waals surface area contributed by atoms with Crippen LogP contribution >= 0.6 is 0 Å². The molecule has 0 aliphatic heterocycles.